The molecule has 21 heavy (non-hydrogen) atoms. The second-order valence-corrected chi connectivity index (χ2v) is 5.85. The fourth-order valence-corrected chi connectivity index (χ4v) is 3.29. The van der Waals surface area contributed by atoms with E-state index in [0.29, 0.717) is 5.92 Å². The normalized spacial score (nSPS) is 23.3. The summed E-state index contributed by atoms with van der Waals surface area (Å²) in [6.45, 7) is 3.29. The van der Waals surface area contributed by atoms with Gasteiger partial charge in [-0.15, -0.1) is 0 Å². The molecule has 0 spiro atoms. The molecule has 0 aliphatic carbocycles. The van der Waals surface area contributed by atoms with Gasteiger partial charge in [-0.3, -0.25) is 4.90 Å². The maximum absolute atomic E-state index is 9.80. The first kappa shape index (κ1) is 14.2. The van der Waals surface area contributed by atoms with Gasteiger partial charge in [0.25, 0.3) is 0 Å². The van der Waals surface area contributed by atoms with Crippen molar-refractivity contribution in [2.45, 2.75) is 13.0 Å². The molecular formula is C17H22N2O2. The average Bonchev–Trinajstić information content (AvgIpc) is 2.93. The predicted octanol–water partition coefficient (Wildman–Crippen LogP) is 2.50. The molecule has 2 heterocycles. The smallest absolute Gasteiger partial charge is 0.120 e. The molecule has 0 unspecified atom stereocenters. The highest BCUT2D eigenvalue weighted by molar-refractivity contribution is 5.94. The highest BCUT2D eigenvalue weighted by Crippen LogP contribution is 2.35. The van der Waals surface area contributed by atoms with Crippen molar-refractivity contribution in [2.24, 2.45) is 5.92 Å². The molecule has 1 aliphatic heterocycles. The lowest BCUT2D eigenvalue weighted by Gasteiger charge is -2.35. The minimum atomic E-state index is 0.0276. The summed E-state index contributed by atoms with van der Waals surface area (Å²) in [5.41, 5.74) is 3.39. The van der Waals surface area contributed by atoms with Gasteiger partial charge in [-0.05, 0) is 36.7 Å². The summed E-state index contributed by atoms with van der Waals surface area (Å²) in [6.07, 6.45) is 4.22. The molecule has 0 fully saturated rings. The number of benzene rings is 1. The van der Waals surface area contributed by atoms with E-state index in [9.17, 15) is 5.11 Å². The van der Waals surface area contributed by atoms with Crippen LogP contribution in [-0.2, 0) is 0 Å². The van der Waals surface area contributed by atoms with E-state index in [-0.39, 0.29) is 12.6 Å². The third-order valence-electron chi connectivity index (χ3n) is 4.28. The molecule has 2 aromatic rings. The van der Waals surface area contributed by atoms with E-state index in [1.807, 2.05) is 18.3 Å². The average molecular weight is 286 g/mol. The number of likely N-dealkylation sites (N-methyl/N-ethyl adjacent to an activating group) is 1. The first-order valence-corrected chi connectivity index (χ1v) is 7.32. The van der Waals surface area contributed by atoms with Gasteiger partial charge >= 0.3 is 0 Å². The molecule has 1 aliphatic rings. The summed E-state index contributed by atoms with van der Waals surface area (Å²) < 4.78 is 5.43. The van der Waals surface area contributed by atoms with Crippen LogP contribution in [0.25, 0.3) is 16.5 Å². The van der Waals surface area contributed by atoms with Crippen molar-refractivity contribution in [1.82, 2.24) is 9.88 Å². The molecule has 3 rings (SSSR count). The largest absolute Gasteiger partial charge is 0.497 e. The lowest BCUT2D eigenvalue weighted by Crippen LogP contribution is -2.41. The second kappa shape index (κ2) is 5.54. The van der Waals surface area contributed by atoms with Crippen molar-refractivity contribution in [1.29, 1.82) is 0 Å². The van der Waals surface area contributed by atoms with E-state index in [4.69, 9.17) is 4.74 Å². The molecule has 1 aromatic heterocycles. The zero-order valence-corrected chi connectivity index (χ0v) is 12.8. The maximum Gasteiger partial charge on any atom is 0.120 e. The van der Waals surface area contributed by atoms with Gasteiger partial charge in [-0.2, -0.15) is 0 Å². The SMILES string of the molecule is COc1cc(C2=C[C@@H](C)CN(C)[C@@H]2CO)c2[nH]ccc2c1. The molecule has 0 bridgehead atoms. The number of aromatic nitrogens is 1. The van der Waals surface area contributed by atoms with Crippen molar-refractivity contribution >= 4 is 16.5 Å². The highest BCUT2D eigenvalue weighted by Gasteiger charge is 2.27. The monoisotopic (exact) mass is 286 g/mol. The van der Waals surface area contributed by atoms with E-state index >= 15 is 0 Å². The van der Waals surface area contributed by atoms with E-state index < -0.39 is 0 Å². The van der Waals surface area contributed by atoms with Crippen molar-refractivity contribution < 1.29 is 9.84 Å². The number of aliphatic hydroxyl groups is 1. The Bertz CT molecular complexity index is 674. The zero-order chi connectivity index (χ0) is 15.0. The van der Waals surface area contributed by atoms with Crippen LogP contribution in [0, 0.1) is 5.92 Å². The van der Waals surface area contributed by atoms with E-state index in [0.717, 1.165) is 28.8 Å². The van der Waals surface area contributed by atoms with Gasteiger partial charge in [-0.1, -0.05) is 13.0 Å². The number of nitrogens with zero attached hydrogens (tertiary/aromatic N) is 1. The fraction of sp³-hybridized carbons (Fsp3) is 0.412. The van der Waals surface area contributed by atoms with Crippen LogP contribution in [0.4, 0.5) is 0 Å². The van der Waals surface area contributed by atoms with Gasteiger partial charge in [0.05, 0.1) is 25.3 Å². The summed E-state index contributed by atoms with van der Waals surface area (Å²) in [6, 6.07) is 6.16. The number of rotatable bonds is 3. The topological polar surface area (TPSA) is 48.5 Å². The van der Waals surface area contributed by atoms with Crippen LogP contribution in [-0.4, -0.2) is 48.3 Å². The Kier molecular flexibility index (Phi) is 3.74. The van der Waals surface area contributed by atoms with Gasteiger partial charge in [0.1, 0.15) is 5.75 Å². The van der Waals surface area contributed by atoms with Crippen molar-refractivity contribution in [3.63, 3.8) is 0 Å². The second-order valence-electron chi connectivity index (χ2n) is 5.85. The van der Waals surface area contributed by atoms with Crippen LogP contribution in [0.2, 0.25) is 0 Å². The number of H-pyrrole nitrogens is 1. The minimum Gasteiger partial charge on any atom is -0.497 e. The number of methoxy groups -OCH3 is 1. The summed E-state index contributed by atoms with van der Waals surface area (Å²) in [7, 11) is 3.75. The lowest BCUT2D eigenvalue weighted by molar-refractivity contribution is 0.167. The molecular weight excluding hydrogens is 264 g/mol. The number of hydrogen-bond acceptors (Lipinski definition) is 3. The summed E-state index contributed by atoms with van der Waals surface area (Å²) in [5.74, 6) is 1.31. The summed E-state index contributed by atoms with van der Waals surface area (Å²) >= 11 is 0. The molecule has 2 atom stereocenters. The maximum atomic E-state index is 9.80. The van der Waals surface area contributed by atoms with Crippen LogP contribution in [0.3, 0.4) is 0 Å². The number of aromatic amines is 1. The first-order valence-electron chi connectivity index (χ1n) is 7.32. The zero-order valence-electron chi connectivity index (χ0n) is 12.8. The van der Waals surface area contributed by atoms with Gasteiger partial charge in [0, 0.05) is 23.7 Å². The van der Waals surface area contributed by atoms with Gasteiger partial charge in [0.2, 0.25) is 0 Å². The number of aliphatic hydroxyl groups excluding tert-OH is 1. The van der Waals surface area contributed by atoms with Crippen LogP contribution in [0.1, 0.15) is 12.5 Å². The molecule has 2 N–H and O–H groups in total. The molecule has 0 saturated heterocycles. The van der Waals surface area contributed by atoms with E-state index in [1.165, 1.54) is 5.57 Å². The summed E-state index contributed by atoms with van der Waals surface area (Å²) in [5, 5.41) is 10.9. The Morgan fingerprint density at radius 1 is 1.43 bits per heavy atom. The van der Waals surface area contributed by atoms with Crippen molar-refractivity contribution in [2.75, 3.05) is 27.3 Å². The van der Waals surface area contributed by atoms with Crippen LogP contribution in [0.5, 0.6) is 5.75 Å². The highest BCUT2D eigenvalue weighted by atomic mass is 16.5. The molecule has 1 aromatic carbocycles. The Morgan fingerprint density at radius 2 is 2.24 bits per heavy atom. The van der Waals surface area contributed by atoms with Crippen LogP contribution in [0.15, 0.2) is 30.5 Å². The molecule has 4 nitrogen and oxygen atoms in total. The fourth-order valence-electron chi connectivity index (χ4n) is 3.29. The van der Waals surface area contributed by atoms with Gasteiger partial charge in [-0.25, -0.2) is 0 Å². The lowest BCUT2D eigenvalue weighted by atomic mass is 9.89. The molecule has 4 heteroatoms. The molecule has 0 amide bonds. The molecule has 112 valence electrons. The Hall–Kier alpha value is -1.78. The quantitative estimate of drug-likeness (QED) is 0.911. The third-order valence-corrected chi connectivity index (χ3v) is 4.28. The first-order chi connectivity index (χ1) is 10.1. The summed E-state index contributed by atoms with van der Waals surface area (Å²) in [4.78, 5) is 5.53. The third kappa shape index (κ3) is 2.45. The van der Waals surface area contributed by atoms with Crippen LogP contribution >= 0.6 is 0 Å². The standard InChI is InChI=1S/C17H22N2O2/c1-11-6-14(16(10-20)19(2)9-11)15-8-13(21-3)7-12-4-5-18-17(12)15/h4-8,11,16,18,20H,9-10H2,1-3H3/t11-,16-/m1/s1. The Labute approximate surface area is 125 Å². The number of fused-ring (bicyclic) bond motifs is 1. The van der Waals surface area contributed by atoms with Gasteiger partial charge in [0.15, 0.2) is 0 Å². The van der Waals surface area contributed by atoms with Crippen molar-refractivity contribution in [3.05, 3.63) is 36.0 Å². The van der Waals surface area contributed by atoms with Gasteiger partial charge < -0.3 is 14.8 Å². The minimum absolute atomic E-state index is 0.0276. The molecule has 0 saturated carbocycles. The van der Waals surface area contributed by atoms with Crippen LogP contribution < -0.4 is 4.74 Å². The van der Waals surface area contributed by atoms with E-state index in [1.54, 1.807) is 7.11 Å². The Balaban J connectivity index is 2.19. The number of ether oxygens (including phenoxy) is 1. The molecule has 0 radical (unpaired) electrons. The number of hydrogen-bond donors (Lipinski definition) is 2. The number of nitrogens with one attached hydrogen (secondary N) is 1. The van der Waals surface area contributed by atoms with Crippen molar-refractivity contribution in [3.8, 4) is 5.75 Å². The Morgan fingerprint density at radius 3 is 2.95 bits per heavy atom. The van der Waals surface area contributed by atoms with E-state index in [2.05, 4.69) is 36.0 Å². The predicted molar refractivity (Wildman–Crippen MR) is 85.5 cm³/mol.